The van der Waals surface area contributed by atoms with E-state index in [1.165, 1.54) is 0 Å². The predicted octanol–water partition coefficient (Wildman–Crippen LogP) is 5.02. The number of rotatable bonds is 5. The highest BCUT2D eigenvalue weighted by Crippen LogP contribution is 2.29. The summed E-state index contributed by atoms with van der Waals surface area (Å²) < 4.78 is 0. The summed E-state index contributed by atoms with van der Waals surface area (Å²) in [6, 6.07) is 23.3. The van der Waals surface area contributed by atoms with E-state index in [-0.39, 0.29) is 5.91 Å². The molecule has 198 valence electrons. The minimum Gasteiger partial charge on any atom is -0.368 e. The zero-order valence-electron chi connectivity index (χ0n) is 21.5. The molecule has 3 aromatic rings. The molecule has 1 amide bonds. The Morgan fingerprint density at radius 1 is 0.718 bits per heavy atom. The smallest absolute Gasteiger partial charge is 0.255 e. The number of carbonyl (C=O) groups is 1. The van der Waals surface area contributed by atoms with Crippen molar-refractivity contribution in [2.75, 3.05) is 62.2 Å². The van der Waals surface area contributed by atoms with E-state index < -0.39 is 0 Å². The van der Waals surface area contributed by atoms with Gasteiger partial charge in [-0.15, -0.1) is 0 Å². The number of anilines is 2. The maximum absolute atomic E-state index is 13.5. The fraction of sp³-hybridized carbons (Fsp3) is 0.300. The van der Waals surface area contributed by atoms with Crippen LogP contribution >= 0.6 is 23.2 Å². The van der Waals surface area contributed by atoms with Crippen LogP contribution in [-0.4, -0.2) is 68.1 Å². The van der Waals surface area contributed by atoms with Crippen molar-refractivity contribution >= 4 is 40.5 Å². The van der Waals surface area contributed by atoms with E-state index in [0.717, 1.165) is 43.1 Å². The molecule has 0 radical (unpaired) electrons. The molecule has 0 unspecified atom stereocenters. The molecule has 39 heavy (non-hydrogen) atoms. The van der Waals surface area contributed by atoms with Gasteiger partial charge < -0.3 is 14.7 Å². The molecule has 0 bridgehead atoms. The Kier molecular flexibility index (Phi) is 8.24. The van der Waals surface area contributed by atoms with E-state index >= 15 is 0 Å². The second-order valence-corrected chi connectivity index (χ2v) is 10.5. The van der Waals surface area contributed by atoms with Crippen LogP contribution < -0.4 is 9.80 Å². The molecule has 0 spiro atoms. The average Bonchev–Trinajstić information content (AvgIpc) is 2.98. The molecule has 7 nitrogen and oxygen atoms in total. The fourth-order valence-electron chi connectivity index (χ4n) is 5.28. The van der Waals surface area contributed by atoms with Crippen molar-refractivity contribution in [3.63, 3.8) is 0 Å². The van der Waals surface area contributed by atoms with E-state index in [1.54, 1.807) is 6.07 Å². The highest BCUT2D eigenvalue weighted by Gasteiger charge is 2.26. The van der Waals surface area contributed by atoms with Crippen molar-refractivity contribution in [3.8, 4) is 12.1 Å². The molecule has 0 atom stereocenters. The van der Waals surface area contributed by atoms with Crippen LogP contribution in [0.5, 0.6) is 0 Å². The molecule has 2 fully saturated rings. The van der Waals surface area contributed by atoms with E-state index in [0.29, 0.717) is 59.5 Å². The van der Waals surface area contributed by atoms with Gasteiger partial charge in [0, 0.05) is 63.9 Å². The molecule has 5 rings (SSSR count). The lowest BCUT2D eigenvalue weighted by molar-refractivity contribution is 0.0746. The quantitative estimate of drug-likeness (QED) is 0.437. The molecular formula is C30H28Cl2N6O. The second kappa shape index (κ2) is 12.0. The van der Waals surface area contributed by atoms with Gasteiger partial charge in [-0.2, -0.15) is 10.5 Å². The fourth-order valence-corrected chi connectivity index (χ4v) is 5.80. The number of nitrogens with zero attached hydrogens (tertiary/aromatic N) is 6. The molecule has 9 heteroatoms. The standard InChI is InChI=1S/C30H28Cl2N6O/c31-26-18-27(32)25(30(39)38-15-13-37(14-16-38)29-8-4-2-6-23(29)20-34)17-24(26)21-35-9-11-36(12-10-35)28-7-3-1-5-22(28)19-33/h1-8,17-18H,9-16,21H2. The summed E-state index contributed by atoms with van der Waals surface area (Å²) in [6.45, 7) is 6.20. The molecule has 2 aliphatic rings. The van der Waals surface area contributed by atoms with Crippen LogP contribution in [0, 0.1) is 22.7 Å². The number of hydrogen-bond donors (Lipinski definition) is 0. The van der Waals surface area contributed by atoms with Crippen LogP contribution in [0.1, 0.15) is 27.0 Å². The second-order valence-electron chi connectivity index (χ2n) is 9.72. The van der Waals surface area contributed by atoms with Crippen LogP contribution in [0.2, 0.25) is 10.0 Å². The van der Waals surface area contributed by atoms with Gasteiger partial charge in [-0.3, -0.25) is 9.69 Å². The van der Waals surface area contributed by atoms with Gasteiger partial charge in [0.15, 0.2) is 0 Å². The monoisotopic (exact) mass is 558 g/mol. The number of piperazine rings is 2. The maximum atomic E-state index is 13.5. The summed E-state index contributed by atoms with van der Waals surface area (Å²) in [6.07, 6.45) is 0. The SMILES string of the molecule is N#Cc1ccccc1N1CCN(Cc2cc(C(=O)N3CCN(c4ccccc4C#N)CC3)c(Cl)cc2Cl)CC1. The van der Waals surface area contributed by atoms with Crippen LogP contribution in [-0.2, 0) is 6.54 Å². The topological polar surface area (TPSA) is 77.6 Å². The summed E-state index contributed by atoms with van der Waals surface area (Å²) in [5.74, 6) is -0.107. The first-order chi connectivity index (χ1) is 19.0. The Balaban J connectivity index is 1.23. The van der Waals surface area contributed by atoms with Gasteiger partial charge >= 0.3 is 0 Å². The van der Waals surface area contributed by atoms with Crippen molar-refractivity contribution in [3.05, 3.63) is 93.0 Å². The summed E-state index contributed by atoms with van der Waals surface area (Å²) >= 11 is 13.1. The van der Waals surface area contributed by atoms with Crippen molar-refractivity contribution in [2.45, 2.75) is 6.54 Å². The number of para-hydroxylation sites is 2. The third-order valence-electron chi connectivity index (χ3n) is 7.43. The molecular weight excluding hydrogens is 531 g/mol. The highest BCUT2D eigenvalue weighted by molar-refractivity contribution is 6.37. The molecule has 2 saturated heterocycles. The van der Waals surface area contributed by atoms with Crippen LogP contribution in [0.4, 0.5) is 11.4 Å². The molecule has 0 aromatic heterocycles. The zero-order valence-corrected chi connectivity index (χ0v) is 23.0. The van der Waals surface area contributed by atoms with Crippen molar-refractivity contribution < 1.29 is 4.79 Å². The molecule has 0 saturated carbocycles. The normalized spacial score (nSPS) is 16.1. The molecule has 2 aliphatic heterocycles. The Labute approximate surface area is 239 Å². The Bertz CT molecular complexity index is 1450. The molecule has 0 N–H and O–H groups in total. The van der Waals surface area contributed by atoms with Gasteiger partial charge in [0.05, 0.1) is 33.1 Å². The number of benzene rings is 3. The lowest BCUT2D eigenvalue weighted by Gasteiger charge is -2.37. The largest absolute Gasteiger partial charge is 0.368 e. The lowest BCUT2D eigenvalue weighted by atomic mass is 10.1. The molecule has 2 heterocycles. The highest BCUT2D eigenvalue weighted by atomic mass is 35.5. The van der Waals surface area contributed by atoms with Gasteiger partial charge in [-0.05, 0) is 42.0 Å². The Hall–Kier alpha value is -3.75. The van der Waals surface area contributed by atoms with Gasteiger partial charge in [0.2, 0.25) is 0 Å². The first-order valence-corrected chi connectivity index (χ1v) is 13.7. The van der Waals surface area contributed by atoms with Gasteiger partial charge in [-0.1, -0.05) is 47.5 Å². The number of amides is 1. The van der Waals surface area contributed by atoms with Crippen molar-refractivity contribution in [1.29, 1.82) is 10.5 Å². The Morgan fingerprint density at radius 2 is 1.23 bits per heavy atom. The first kappa shape index (κ1) is 26.8. The predicted molar refractivity (Wildman–Crippen MR) is 154 cm³/mol. The van der Waals surface area contributed by atoms with Gasteiger partial charge in [0.25, 0.3) is 5.91 Å². The van der Waals surface area contributed by atoms with Gasteiger partial charge in [-0.25, -0.2) is 0 Å². The maximum Gasteiger partial charge on any atom is 0.255 e. The van der Waals surface area contributed by atoms with Crippen molar-refractivity contribution in [2.24, 2.45) is 0 Å². The first-order valence-electron chi connectivity index (χ1n) is 13.0. The van der Waals surface area contributed by atoms with E-state index in [9.17, 15) is 15.3 Å². The van der Waals surface area contributed by atoms with Crippen LogP contribution in [0.15, 0.2) is 60.7 Å². The molecule has 3 aromatic carbocycles. The number of carbonyl (C=O) groups excluding carboxylic acids is 1. The summed E-state index contributed by atoms with van der Waals surface area (Å²) in [5, 5.41) is 19.8. The number of halogens is 2. The minimum atomic E-state index is -0.107. The van der Waals surface area contributed by atoms with Crippen LogP contribution in [0.25, 0.3) is 0 Å². The average molecular weight is 560 g/mol. The minimum absolute atomic E-state index is 0.107. The van der Waals surface area contributed by atoms with E-state index in [4.69, 9.17) is 23.2 Å². The van der Waals surface area contributed by atoms with Crippen molar-refractivity contribution in [1.82, 2.24) is 9.80 Å². The molecule has 0 aliphatic carbocycles. The third-order valence-corrected chi connectivity index (χ3v) is 8.09. The number of hydrogen-bond acceptors (Lipinski definition) is 6. The summed E-state index contributed by atoms with van der Waals surface area (Å²) in [4.78, 5) is 22.0. The van der Waals surface area contributed by atoms with E-state index in [2.05, 4.69) is 26.8 Å². The summed E-state index contributed by atoms with van der Waals surface area (Å²) in [5.41, 5.74) is 4.52. The van der Waals surface area contributed by atoms with E-state index in [1.807, 2.05) is 59.5 Å². The van der Waals surface area contributed by atoms with Crippen LogP contribution in [0.3, 0.4) is 0 Å². The Morgan fingerprint density at radius 3 is 1.77 bits per heavy atom. The summed E-state index contributed by atoms with van der Waals surface area (Å²) in [7, 11) is 0. The zero-order chi connectivity index (χ0) is 27.4. The lowest BCUT2D eigenvalue weighted by Crippen LogP contribution is -2.49. The third kappa shape index (κ3) is 5.82. The number of nitriles is 2. The van der Waals surface area contributed by atoms with Gasteiger partial charge in [0.1, 0.15) is 12.1 Å².